The van der Waals surface area contributed by atoms with E-state index in [-0.39, 0.29) is 11.9 Å². The molecule has 0 heterocycles. The largest absolute Gasteiger partial charge is 0.271 e. The number of hydrogen-bond acceptors (Lipinski definition) is 2. The maximum Gasteiger partial charge on any atom is 0.124 e. The van der Waals surface area contributed by atoms with Crippen molar-refractivity contribution in [3.05, 3.63) is 68.9 Å². The third-order valence-electron chi connectivity index (χ3n) is 3.61. The van der Waals surface area contributed by atoms with Crippen molar-refractivity contribution in [1.29, 1.82) is 0 Å². The summed E-state index contributed by atoms with van der Waals surface area (Å²) in [5.74, 6) is 5.44. The summed E-state index contributed by atoms with van der Waals surface area (Å²) in [5, 5.41) is 0. The molecule has 0 aliphatic rings. The van der Waals surface area contributed by atoms with Gasteiger partial charge >= 0.3 is 0 Å². The van der Waals surface area contributed by atoms with Crippen molar-refractivity contribution in [2.75, 3.05) is 0 Å². The van der Waals surface area contributed by atoms with Gasteiger partial charge in [-0.05, 0) is 61.6 Å². The van der Waals surface area contributed by atoms with E-state index in [2.05, 4.69) is 53.4 Å². The van der Waals surface area contributed by atoms with Crippen LogP contribution < -0.4 is 11.3 Å². The lowest BCUT2D eigenvalue weighted by atomic mass is 9.95. The number of halogens is 2. The van der Waals surface area contributed by atoms with Crippen molar-refractivity contribution in [2.45, 2.75) is 32.7 Å². The van der Waals surface area contributed by atoms with Gasteiger partial charge in [-0.3, -0.25) is 11.3 Å². The van der Waals surface area contributed by atoms with Gasteiger partial charge in [-0.15, -0.1) is 0 Å². The minimum Gasteiger partial charge on any atom is -0.271 e. The number of nitrogens with one attached hydrogen (secondary N) is 1. The van der Waals surface area contributed by atoms with E-state index in [1.54, 1.807) is 6.07 Å². The zero-order chi connectivity index (χ0) is 15.4. The number of hydrogen-bond donors (Lipinski definition) is 2. The van der Waals surface area contributed by atoms with E-state index in [1.165, 1.54) is 22.8 Å². The average Bonchev–Trinajstić information content (AvgIpc) is 2.41. The highest BCUT2D eigenvalue weighted by Gasteiger charge is 2.12. The predicted molar refractivity (Wildman–Crippen MR) is 88.5 cm³/mol. The molecule has 4 heteroatoms. The first-order chi connectivity index (χ1) is 9.97. The van der Waals surface area contributed by atoms with Gasteiger partial charge in [0.1, 0.15) is 5.82 Å². The Morgan fingerprint density at radius 1 is 1.14 bits per heavy atom. The van der Waals surface area contributed by atoms with Crippen LogP contribution in [0.15, 0.2) is 40.9 Å². The summed E-state index contributed by atoms with van der Waals surface area (Å²) in [6.45, 7) is 4.18. The number of rotatable bonds is 5. The lowest BCUT2D eigenvalue weighted by Gasteiger charge is -2.18. The van der Waals surface area contributed by atoms with Crippen LogP contribution in [0.3, 0.4) is 0 Å². The fourth-order valence-corrected chi connectivity index (χ4v) is 3.00. The molecule has 0 aromatic heterocycles. The normalized spacial score (nSPS) is 12.4. The van der Waals surface area contributed by atoms with Crippen LogP contribution in [-0.2, 0) is 12.8 Å². The molecule has 1 atom stereocenters. The van der Waals surface area contributed by atoms with Crippen LogP contribution in [0.2, 0.25) is 0 Å². The fourth-order valence-electron chi connectivity index (χ4n) is 2.49. The molecule has 2 aromatic carbocycles. The minimum atomic E-state index is -0.234. The Bertz CT molecular complexity index is 608. The molecule has 1 unspecified atom stereocenters. The van der Waals surface area contributed by atoms with E-state index >= 15 is 0 Å². The first-order valence-electron chi connectivity index (χ1n) is 6.95. The fraction of sp³-hybridized carbons (Fsp3) is 0.294. The smallest absolute Gasteiger partial charge is 0.124 e. The topological polar surface area (TPSA) is 38.0 Å². The number of hydrazine groups is 1. The first-order valence-corrected chi connectivity index (χ1v) is 7.74. The number of nitrogens with two attached hydrogens (primary N) is 1. The van der Waals surface area contributed by atoms with Crippen molar-refractivity contribution in [3.8, 4) is 0 Å². The molecule has 0 spiro atoms. The zero-order valence-corrected chi connectivity index (χ0v) is 13.9. The van der Waals surface area contributed by atoms with Crippen molar-refractivity contribution < 1.29 is 4.39 Å². The molecule has 0 saturated heterocycles. The molecule has 0 radical (unpaired) electrons. The molecule has 2 nitrogen and oxygen atoms in total. The van der Waals surface area contributed by atoms with Crippen molar-refractivity contribution in [3.63, 3.8) is 0 Å². The lowest BCUT2D eigenvalue weighted by Crippen LogP contribution is -2.38. The van der Waals surface area contributed by atoms with Gasteiger partial charge in [0.25, 0.3) is 0 Å². The summed E-state index contributed by atoms with van der Waals surface area (Å²) < 4.78 is 14.2. The Balaban J connectivity index is 2.14. The molecule has 2 aromatic rings. The highest BCUT2D eigenvalue weighted by atomic mass is 79.9. The zero-order valence-electron chi connectivity index (χ0n) is 12.3. The van der Waals surface area contributed by atoms with Crippen molar-refractivity contribution in [2.24, 2.45) is 5.84 Å². The summed E-state index contributed by atoms with van der Waals surface area (Å²) in [6, 6.07) is 11.4. The van der Waals surface area contributed by atoms with Crippen LogP contribution >= 0.6 is 15.9 Å². The van der Waals surface area contributed by atoms with E-state index in [4.69, 9.17) is 5.84 Å². The SMILES string of the molecule is Cc1ccc(C)c(CC(Cc2cc(F)cc(Br)c2)NN)c1. The van der Waals surface area contributed by atoms with Crippen molar-refractivity contribution in [1.82, 2.24) is 5.43 Å². The highest BCUT2D eigenvalue weighted by molar-refractivity contribution is 9.10. The maximum absolute atomic E-state index is 13.4. The van der Waals surface area contributed by atoms with Crippen molar-refractivity contribution >= 4 is 15.9 Å². The van der Waals surface area contributed by atoms with Gasteiger partial charge in [-0.25, -0.2) is 4.39 Å². The number of benzene rings is 2. The van der Waals surface area contributed by atoms with Crippen LogP contribution in [0.25, 0.3) is 0 Å². The summed E-state index contributed by atoms with van der Waals surface area (Å²) in [5.41, 5.74) is 7.53. The summed E-state index contributed by atoms with van der Waals surface area (Å²) in [4.78, 5) is 0. The van der Waals surface area contributed by atoms with Crippen LogP contribution in [0.1, 0.15) is 22.3 Å². The van der Waals surface area contributed by atoms with Gasteiger partial charge in [-0.2, -0.15) is 0 Å². The van der Waals surface area contributed by atoms with Crippen LogP contribution in [-0.4, -0.2) is 6.04 Å². The third kappa shape index (κ3) is 4.63. The Hall–Kier alpha value is -1.23. The second kappa shape index (κ2) is 7.16. The average molecular weight is 351 g/mol. The Kier molecular flexibility index (Phi) is 5.51. The second-order valence-corrected chi connectivity index (χ2v) is 6.40. The summed E-state index contributed by atoms with van der Waals surface area (Å²) in [6.07, 6.45) is 1.50. The first kappa shape index (κ1) is 16.1. The molecule has 2 rings (SSSR count). The maximum atomic E-state index is 13.4. The standard InChI is InChI=1S/C17H20BrFN2/c1-11-3-4-12(2)14(5-11)9-17(21-20)8-13-6-15(18)10-16(19)7-13/h3-7,10,17,21H,8-9,20H2,1-2H3. The van der Waals surface area contributed by atoms with Gasteiger partial charge in [-0.1, -0.05) is 39.7 Å². The van der Waals surface area contributed by atoms with Gasteiger partial charge in [0.2, 0.25) is 0 Å². The number of aryl methyl sites for hydroxylation is 2. The van der Waals surface area contributed by atoms with E-state index in [1.807, 2.05) is 6.07 Å². The second-order valence-electron chi connectivity index (χ2n) is 5.48. The predicted octanol–water partition coefficient (Wildman–Crippen LogP) is 3.82. The molecule has 0 amide bonds. The molecule has 0 aliphatic heterocycles. The molecule has 0 aliphatic carbocycles. The minimum absolute atomic E-state index is 0.0687. The van der Waals surface area contributed by atoms with Crippen LogP contribution in [0.4, 0.5) is 4.39 Å². The quantitative estimate of drug-likeness (QED) is 0.635. The van der Waals surface area contributed by atoms with E-state index in [9.17, 15) is 4.39 Å². The summed E-state index contributed by atoms with van der Waals surface area (Å²) in [7, 11) is 0. The van der Waals surface area contributed by atoms with E-state index < -0.39 is 0 Å². The van der Waals surface area contributed by atoms with E-state index in [0.717, 1.165) is 16.5 Å². The Labute approximate surface area is 133 Å². The Morgan fingerprint density at radius 3 is 2.57 bits per heavy atom. The lowest BCUT2D eigenvalue weighted by molar-refractivity contribution is 0.519. The van der Waals surface area contributed by atoms with Gasteiger partial charge < -0.3 is 0 Å². The molecular formula is C17H20BrFN2. The molecule has 112 valence electrons. The molecule has 0 saturated carbocycles. The molecule has 0 bridgehead atoms. The molecule has 0 fully saturated rings. The van der Waals surface area contributed by atoms with Gasteiger partial charge in [0.05, 0.1) is 0 Å². The van der Waals surface area contributed by atoms with Crippen LogP contribution in [0.5, 0.6) is 0 Å². The molecule has 21 heavy (non-hydrogen) atoms. The Morgan fingerprint density at radius 2 is 1.90 bits per heavy atom. The molecule has 3 N–H and O–H groups in total. The van der Waals surface area contributed by atoms with Gasteiger partial charge in [0.15, 0.2) is 0 Å². The third-order valence-corrected chi connectivity index (χ3v) is 4.07. The van der Waals surface area contributed by atoms with Crippen LogP contribution in [0, 0.1) is 19.7 Å². The molecular weight excluding hydrogens is 331 g/mol. The van der Waals surface area contributed by atoms with Gasteiger partial charge in [0, 0.05) is 10.5 Å². The van der Waals surface area contributed by atoms with E-state index in [0.29, 0.717) is 6.42 Å². The monoisotopic (exact) mass is 350 g/mol. The summed E-state index contributed by atoms with van der Waals surface area (Å²) >= 11 is 3.32. The highest BCUT2D eigenvalue weighted by Crippen LogP contribution is 2.18.